The summed E-state index contributed by atoms with van der Waals surface area (Å²) >= 11 is 0. The molecule has 0 bridgehead atoms. The third-order valence-electron chi connectivity index (χ3n) is 14.6. The van der Waals surface area contributed by atoms with Gasteiger partial charge in [-0.05, 0) is 69.7 Å². The predicted molar refractivity (Wildman–Crippen MR) is 309 cm³/mol. The fourth-order valence-electron chi connectivity index (χ4n) is 9.96. The van der Waals surface area contributed by atoms with Gasteiger partial charge in [0.1, 0.15) is 17.9 Å². The van der Waals surface area contributed by atoms with E-state index in [1.807, 2.05) is 60.1 Å². The van der Waals surface area contributed by atoms with E-state index in [4.69, 9.17) is 29.6 Å². The van der Waals surface area contributed by atoms with Crippen molar-refractivity contribution in [3.05, 3.63) is 41.2 Å². The third kappa shape index (κ3) is 32.5. The molecule has 2 aliphatic rings. The molecule has 1 aromatic carbocycles. The van der Waals surface area contributed by atoms with Crippen LogP contribution in [0.25, 0.3) is 0 Å². The van der Waals surface area contributed by atoms with Gasteiger partial charge in [-0.3, -0.25) is 43.6 Å². The molecule has 0 spiro atoms. The van der Waals surface area contributed by atoms with Gasteiger partial charge in [0.2, 0.25) is 17.8 Å². The number of carboxylic acid groups (broad SMARTS) is 6. The monoisotopic (exact) mass is 1370 g/mol. The van der Waals surface area contributed by atoms with Crippen molar-refractivity contribution in [2.75, 3.05) is 136 Å². The Morgan fingerprint density at radius 3 is 1.65 bits per heavy atom. The molecule has 1 radical (unpaired) electrons. The predicted octanol–water partition coefficient (Wildman–Crippen LogP) is 0.951. The number of aromatic nitrogens is 3. The van der Waals surface area contributed by atoms with Crippen molar-refractivity contribution in [2.45, 2.75) is 121 Å². The quantitative estimate of drug-likeness (QED) is 0.0434. The molecule has 30 heteroatoms. The number of benzene rings is 1. The first-order chi connectivity index (χ1) is 40.5. The maximum atomic E-state index is 12.3. The summed E-state index contributed by atoms with van der Waals surface area (Å²) in [5.74, 6) is -5.08. The number of nitrogens with one attached hydrogen (secondary N) is 3. The van der Waals surface area contributed by atoms with Crippen LogP contribution in [0.15, 0.2) is 24.3 Å². The molecule has 489 valence electrons. The SMILES string of the molecule is CN1CCN(CC(=O)O)CCN(CC(=O)O)CCN(CC(=O)O)C(Cc2ccc(Cc3nc(N(C)C)nc(N4CCN(CCCCCCCCCCC(=O)NCCCC[C@H](NC(=O)N[C@@H](CCC(=O)O)C(=O)O)C(=O)O)CC4)n3)cc2)C1.O=C=O.[Lu]. The second kappa shape index (κ2) is 42.6. The molecule has 1 aromatic heterocycles. The Morgan fingerprint density at radius 1 is 0.593 bits per heavy atom. The molecule has 2 fully saturated rings. The first-order valence-corrected chi connectivity index (χ1v) is 29.1. The molecule has 3 atom stereocenters. The normalized spacial score (nSPS) is 16.5. The van der Waals surface area contributed by atoms with Crippen LogP contribution < -0.4 is 25.8 Å². The number of hydrogen-bond donors (Lipinski definition) is 9. The van der Waals surface area contributed by atoms with Crippen molar-refractivity contribution in [1.82, 2.24) is 55.4 Å². The molecule has 0 aliphatic carbocycles. The van der Waals surface area contributed by atoms with Crippen LogP contribution in [0.3, 0.4) is 0 Å². The van der Waals surface area contributed by atoms with E-state index in [0.717, 1.165) is 95.2 Å². The number of amides is 3. The number of urea groups is 1. The Kier molecular flexibility index (Phi) is 37.6. The van der Waals surface area contributed by atoms with E-state index in [1.54, 1.807) is 4.90 Å². The molecule has 9 N–H and O–H groups in total. The number of nitrogens with zero attached hydrogens (tertiary/aromatic N) is 10. The van der Waals surface area contributed by atoms with Gasteiger partial charge in [-0.25, -0.2) is 14.4 Å². The number of hydrogen-bond acceptors (Lipinski definition) is 20. The zero-order valence-electron chi connectivity index (χ0n) is 49.7. The topological polar surface area (TPSA) is 390 Å². The summed E-state index contributed by atoms with van der Waals surface area (Å²) in [5.41, 5.74) is 2.02. The maximum absolute atomic E-state index is 12.3. The zero-order chi connectivity index (χ0) is 62.7. The number of likely N-dealkylation sites (N-methyl/N-ethyl adjacent to an activating group) is 1. The van der Waals surface area contributed by atoms with E-state index < -0.39 is 60.4 Å². The number of carbonyl (C=O) groups is 8. The smallest absolute Gasteiger partial charge is 0.373 e. The van der Waals surface area contributed by atoms with E-state index in [1.165, 1.54) is 0 Å². The number of unbranched alkanes of at least 4 members (excludes halogenated alkanes) is 8. The van der Waals surface area contributed by atoms with Crippen LogP contribution in [0.4, 0.5) is 16.7 Å². The fourth-order valence-corrected chi connectivity index (χ4v) is 9.96. The van der Waals surface area contributed by atoms with Crippen molar-refractivity contribution < 1.29 is 115 Å². The Bertz CT molecular complexity index is 2450. The average molecular weight is 1380 g/mol. The molecular formula is C56H89LuN13O16. The molecule has 2 aromatic rings. The maximum Gasteiger partial charge on any atom is 0.373 e. The molecule has 86 heavy (non-hydrogen) atoms. The molecule has 3 heterocycles. The average Bonchev–Trinajstić information content (AvgIpc) is 3.27. The van der Waals surface area contributed by atoms with E-state index in [2.05, 4.69) is 30.7 Å². The Hall–Kier alpha value is -6.20. The van der Waals surface area contributed by atoms with Crippen LogP contribution >= 0.6 is 0 Å². The second-order valence-corrected chi connectivity index (χ2v) is 21.7. The van der Waals surface area contributed by atoms with Crippen LogP contribution in [0, 0.1) is 36.9 Å². The summed E-state index contributed by atoms with van der Waals surface area (Å²) in [7, 11) is 5.77. The van der Waals surface area contributed by atoms with Gasteiger partial charge in [0, 0.05) is 155 Å². The fraction of sp³-hybridized carbons (Fsp3) is 0.679. The summed E-state index contributed by atoms with van der Waals surface area (Å²) in [6.45, 7) is 7.06. The molecule has 3 amide bonds. The van der Waals surface area contributed by atoms with Crippen molar-refractivity contribution in [3.8, 4) is 0 Å². The van der Waals surface area contributed by atoms with Crippen LogP contribution in [-0.2, 0) is 56.0 Å². The molecule has 0 saturated carbocycles. The van der Waals surface area contributed by atoms with Gasteiger partial charge in [0.25, 0.3) is 0 Å². The minimum absolute atomic E-state index is 0. The first-order valence-electron chi connectivity index (χ1n) is 29.1. The number of carboxylic acids is 6. The zero-order valence-corrected chi connectivity index (χ0v) is 51.3. The summed E-state index contributed by atoms with van der Waals surface area (Å²) in [5, 5.41) is 63.7. The molecular weight excluding hydrogens is 1290 g/mol. The minimum atomic E-state index is -1.48. The Morgan fingerprint density at radius 2 is 1.10 bits per heavy atom. The Balaban J connectivity index is 0.00000617. The van der Waals surface area contributed by atoms with E-state index >= 15 is 0 Å². The van der Waals surface area contributed by atoms with Gasteiger partial charge in [0.05, 0.1) is 19.6 Å². The molecule has 29 nitrogen and oxygen atoms in total. The van der Waals surface area contributed by atoms with Crippen LogP contribution in [-0.4, -0.2) is 268 Å². The summed E-state index contributed by atoms with van der Waals surface area (Å²) in [6, 6.07) is 4.17. The molecule has 1 unspecified atom stereocenters. The van der Waals surface area contributed by atoms with Crippen LogP contribution in [0.2, 0.25) is 0 Å². The van der Waals surface area contributed by atoms with Crippen molar-refractivity contribution in [1.29, 1.82) is 0 Å². The summed E-state index contributed by atoms with van der Waals surface area (Å²) in [6.07, 6.45) is 10.2. The molecule has 2 aliphatic heterocycles. The van der Waals surface area contributed by atoms with Crippen molar-refractivity contribution in [3.63, 3.8) is 0 Å². The minimum Gasteiger partial charge on any atom is -0.481 e. The number of rotatable bonds is 35. The number of anilines is 2. The Labute approximate surface area is 531 Å². The van der Waals surface area contributed by atoms with E-state index in [9.17, 15) is 63.9 Å². The van der Waals surface area contributed by atoms with Crippen molar-refractivity contribution >= 4 is 65.8 Å². The largest absolute Gasteiger partial charge is 0.481 e. The third-order valence-corrected chi connectivity index (χ3v) is 14.6. The number of aliphatic carboxylic acids is 6. The number of carbonyl (C=O) groups excluding carboxylic acids is 4. The number of piperazine rings is 1. The van der Waals surface area contributed by atoms with Crippen LogP contribution in [0.1, 0.15) is 107 Å². The van der Waals surface area contributed by atoms with Gasteiger partial charge in [-0.2, -0.15) is 24.5 Å². The van der Waals surface area contributed by atoms with Gasteiger partial charge < -0.3 is 61.3 Å². The van der Waals surface area contributed by atoms with Crippen molar-refractivity contribution in [2.24, 2.45) is 0 Å². The van der Waals surface area contributed by atoms with E-state index in [0.29, 0.717) is 102 Å². The molecule has 4 rings (SSSR count). The molecule has 2 saturated heterocycles. The van der Waals surface area contributed by atoms with Gasteiger partial charge in [-0.1, -0.05) is 62.8 Å². The van der Waals surface area contributed by atoms with Gasteiger partial charge in [-0.15, -0.1) is 0 Å². The van der Waals surface area contributed by atoms with Crippen LogP contribution in [0.5, 0.6) is 0 Å². The summed E-state index contributed by atoms with van der Waals surface area (Å²) < 4.78 is 0. The van der Waals surface area contributed by atoms with E-state index in [-0.39, 0.29) is 87.5 Å². The summed E-state index contributed by atoms with van der Waals surface area (Å²) in [4.78, 5) is 139. The van der Waals surface area contributed by atoms with Gasteiger partial charge in [0.15, 0.2) is 0 Å². The van der Waals surface area contributed by atoms with Gasteiger partial charge >= 0.3 is 48.0 Å². The first kappa shape index (κ1) is 75.9. The second-order valence-electron chi connectivity index (χ2n) is 21.7. The standard InChI is InChI=1S/C55H89N13O14.CO2.Lu/c1-62(2)53-59-45(35-41-18-16-40(17-19-41)34-42-36-63(3)24-25-65(37-48(72)73)26-27-66(38-49(74)75)30-33-68(42)39-50(76)77)60-54(61-53)67-31-28-64(29-32-67)23-13-9-7-5-4-6-8-10-15-46(69)56-22-12-11-14-43(51(78)79)57-55(82)58-44(52(80)81)20-21-47(70)71;2-1-3;/h16-19,42-44H,4-15,20-39H2,1-3H3,(H,56,69)(H,70,71)(H,72,73)(H,74,75)(H,76,77)(H,78,79)(H,80,81)(H2,57,58,82);;/t42?,43-,44-;;/m0../s1.